The van der Waals surface area contributed by atoms with Gasteiger partial charge in [-0.25, -0.2) is 9.18 Å². The molecule has 3 amide bonds. The van der Waals surface area contributed by atoms with E-state index >= 15 is 0 Å². The number of hydrogen-bond donors (Lipinski definition) is 1. The van der Waals surface area contributed by atoms with E-state index in [2.05, 4.69) is 21.2 Å². The Morgan fingerprint density at radius 2 is 2.14 bits per heavy atom. The van der Waals surface area contributed by atoms with Crippen LogP contribution in [0.4, 0.5) is 9.18 Å². The predicted molar refractivity (Wildman–Crippen MR) is 79.2 cm³/mol. The van der Waals surface area contributed by atoms with Gasteiger partial charge in [-0.05, 0) is 36.8 Å². The van der Waals surface area contributed by atoms with Gasteiger partial charge in [0.1, 0.15) is 11.6 Å². The van der Waals surface area contributed by atoms with Crippen molar-refractivity contribution in [2.75, 3.05) is 0 Å². The molecule has 1 aromatic heterocycles. The fourth-order valence-electron chi connectivity index (χ4n) is 2.39. The van der Waals surface area contributed by atoms with Gasteiger partial charge in [0.05, 0.1) is 12.8 Å². The summed E-state index contributed by atoms with van der Waals surface area (Å²) < 4.78 is 18.9. The highest BCUT2D eigenvalue weighted by Gasteiger charge is 2.50. The molecule has 22 heavy (non-hydrogen) atoms. The van der Waals surface area contributed by atoms with Crippen molar-refractivity contribution in [3.63, 3.8) is 0 Å². The number of nitrogens with zero attached hydrogens (tertiary/aromatic N) is 1. The van der Waals surface area contributed by atoms with Crippen LogP contribution in [0.5, 0.6) is 0 Å². The van der Waals surface area contributed by atoms with Crippen molar-refractivity contribution in [3.8, 4) is 0 Å². The van der Waals surface area contributed by atoms with E-state index in [0.29, 0.717) is 15.8 Å². The average Bonchev–Trinajstić information content (AvgIpc) is 3.06. The Morgan fingerprint density at radius 3 is 2.77 bits per heavy atom. The van der Waals surface area contributed by atoms with E-state index in [0.717, 1.165) is 4.90 Å². The molecule has 2 aromatic rings. The molecule has 1 unspecified atom stereocenters. The normalized spacial score (nSPS) is 21.3. The van der Waals surface area contributed by atoms with Gasteiger partial charge in [-0.2, -0.15) is 0 Å². The topological polar surface area (TPSA) is 62.6 Å². The maximum atomic E-state index is 13.1. The Balaban J connectivity index is 1.89. The molecule has 1 aliphatic heterocycles. The highest BCUT2D eigenvalue weighted by molar-refractivity contribution is 9.10. The molecule has 1 aliphatic rings. The molecule has 1 saturated heterocycles. The molecular formula is C15H12BrFN2O3. The Bertz CT molecular complexity index is 747. The quantitative estimate of drug-likeness (QED) is 0.848. The van der Waals surface area contributed by atoms with E-state index in [-0.39, 0.29) is 6.54 Å². The standard InChI is InChI=1S/C15H12BrFN2O3/c1-15(12-3-2-6-22-12)13(20)19(14(21)18-15)8-9-4-5-10(17)7-11(9)16/h2-7H,8H2,1H3,(H,18,21). The highest BCUT2D eigenvalue weighted by Crippen LogP contribution is 2.31. The molecule has 1 aromatic carbocycles. The Labute approximate surface area is 134 Å². The minimum absolute atomic E-state index is 0.0435. The number of imide groups is 1. The van der Waals surface area contributed by atoms with E-state index in [1.807, 2.05) is 0 Å². The molecule has 114 valence electrons. The summed E-state index contributed by atoms with van der Waals surface area (Å²) in [6, 6.07) is 6.88. The lowest BCUT2D eigenvalue weighted by molar-refractivity contribution is -0.132. The van der Waals surface area contributed by atoms with E-state index in [1.165, 1.54) is 24.5 Å². The number of carbonyl (C=O) groups is 2. The minimum Gasteiger partial charge on any atom is -0.466 e. The zero-order chi connectivity index (χ0) is 15.9. The molecule has 1 N–H and O–H groups in total. The smallest absolute Gasteiger partial charge is 0.325 e. The maximum Gasteiger partial charge on any atom is 0.325 e. The molecule has 1 atom stereocenters. The summed E-state index contributed by atoms with van der Waals surface area (Å²) >= 11 is 3.23. The third kappa shape index (κ3) is 2.31. The largest absolute Gasteiger partial charge is 0.466 e. The van der Waals surface area contributed by atoms with Crippen molar-refractivity contribution < 1.29 is 18.4 Å². The lowest BCUT2D eigenvalue weighted by atomic mass is 9.99. The highest BCUT2D eigenvalue weighted by atomic mass is 79.9. The van der Waals surface area contributed by atoms with Crippen LogP contribution in [0.2, 0.25) is 0 Å². The van der Waals surface area contributed by atoms with Crippen LogP contribution in [0, 0.1) is 5.82 Å². The number of amides is 3. The predicted octanol–water partition coefficient (Wildman–Crippen LogP) is 3.15. The minimum atomic E-state index is -1.23. The van der Waals surface area contributed by atoms with Crippen LogP contribution in [-0.2, 0) is 16.9 Å². The fraction of sp³-hybridized carbons (Fsp3) is 0.200. The Kier molecular flexibility index (Phi) is 3.52. The number of benzene rings is 1. The number of nitrogens with one attached hydrogen (secondary N) is 1. The Morgan fingerprint density at radius 1 is 1.36 bits per heavy atom. The van der Waals surface area contributed by atoms with Crippen molar-refractivity contribution in [2.24, 2.45) is 0 Å². The first-order chi connectivity index (χ1) is 10.4. The van der Waals surface area contributed by atoms with Crippen LogP contribution in [-0.4, -0.2) is 16.8 Å². The lowest BCUT2D eigenvalue weighted by Gasteiger charge is -2.19. The van der Waals surface area contributed by atoms with Gasteiger partial charge in [0.2, 0.25) is 0 Å². The first-order valence-corrected chi connectivity index (χ1v) is 7.33. The number of carbonyl (C=O) groups excluding carboxylic acids is 2. The zero-order valence-corrected chi connectivity index (χ0v) is 13.2. The number of hydrogen-bond acceptors (Lipinski definition) is 3. The van der Waals surface area contributed by atoms with E-state index in [1.54, 1.807) is 19.1 Å². The molecule has 3 rings (SSSR count). The van der Waals surface area contributed by atoms with Crippen LogP contribution in [0.1, 0.15) is 18.2 Å². The number of furan rings is 1. The summed E-state index contributed by atoms with van der Waals surface area (Å²) in [5.41, 5.74) is -0.596. The molecule has 0 spiro atoms. The molecule has 0 saturated carbocycles. The first kappa shape index (κ1) is 14.8. The van der Waals surface area contributed by atoms with Crippen molar-refractivity contribution in [2.45, 2.75) is 19.0 Å². The van der Waals surface area contributed by atoms with Crippen molar-refractivity contribution >= 4 is 27.9 Å². The molecule has 1 fully saturated rings. The van der Waals surface area contributed by atoms with Crippen LogP contribution in [0.15, 0.2) is 45.5 Å². The monoisotopic (exact) mass is 366 g/mol. The first-order valence-electron chi connectivity index (χ1n) is 6.54. The summed E-state index contributed by atoms with van der Waals surface area (Å²) in [7, 11) is 0. The Hall–Kier alpha value is -2.15. The number of urea groups is 1. The van der Waals surface area contributed by atoms with Crippen LogP contribution in [0.25, 0.3) is 0 Å². The van der Waals surface area contributed by atoms with Gasteiger partial charge in [-0.15, -0.1) is 0 Å². The van der Waals surface area contributed by atoms with Crippen LogP contribution < -0.4 is 5.32 Å². The SMILES string of the molecule is CC1(c2ccco2)NC(=O)N(Cc2ccc(F)cc2Br)C1=O. The van der Waals surface area contributed by atoms with Gasteiger partial charge in [0.15, 0.2) is 5.54 Å². The lowest BCUT2D eigenvalue weighted by Crippen LogP contribution is -2.40. The molecule has 7 heteroatoms. The van der Waals surface area contributed by atoms with Crippen molar-refractivity contribution in [3.05, 3.63) is 58.2 Å². The van der Waals surface area contributed by atoms with E-state index < -0.39 is 23.3 Å². The second-order valence-corrected chi connectivity index (χ2v) is 6.01. The third-order valence-corrected chi connectivity index (χ3v) is 4.37. The van der Waals surface area contributed by atoms with E-state index in [4.69, 9.17) is 4.42 Å². The second-order valence-electron chi connectivity index (χ2n) is 5.16. The van der Waals surface area contributed by atoms with Gasteiger partial charge >= 0.3 is 6.03 Å². The molecule has 2 heterocycles. The van der Waals surface area contributed by atoms with E-state index in [9.17, 15) is 14.0 Å². The number of rotatable bonds is 3. The van der Waals surface area contributed by atoms with Crippen LogP contribution in [0.3, 0.4) is 0 Å². The molecule has 0 aliphatic carbocycles. The summed E-state index contributed by atoms with van der Waals surface area (Å²) in [5.74, 6) is -0.441. The van der Waals surface area contributed by atoms with Gasteiger partial charge < -0.3 is 9.73 Å². The third-order valence-electron chi connectivity index (χ3n) is 3.63. The number of halogens is 2. The molecular weight excluding hydrogens is 355 g/mol. The fourth-order valence-corrected chi connectivity index (χ4v) is 2.87. The average molecular weight is 367 g/mol. The summed E-state index contributed by atoms with van der Waals surface area (Å²) in [5, 5.41) is 2.64. The zero-order valence-electron chi connectivity index (χ0n) is 11.6. The molecule has 5 nitrogen and oxygen atoms in total. The van der Waals surface area contributed by atoms with Gasteiger partial charge in [0.25, 0.3) is 5.91 Å². The maximum absolute atomic E-state index is 13.1. The second kappa shape index (κ2) is 5.24. The molecule has 0 bridgehead atoms. The summed E-state index contributed by atoms with van der Waals surface area (Å²) in [6.07, 6.45) is 1.44. The molecule has 0 radical (unpaired) electrons. The summed E-state index contributed by atoms with van der Waals surface area (Å²) in [4.78, 5) is 25.8. The van der Waals surface area contributed by atoms with Gasteiger partial charge in [0, 0.05) is 4.47 Å². The van der Waals surface area contributed by atoms with Gasteiger partial charge in [-0.3, -0.25) is 9.69 Å². The summed E-state index contributed by atoms with van der Waals surface area (Å²) in [6.45, 7) is 1.63. The van der Waals surface area contributed by atoms with Gasteiger partial charge in [-0.1, -0.05) is 22.0 Å². The van der Waals surface area contributed by atoms with Crippen LogP contribution >= 0.6 is 15.9 Å². The van der Waals surface area contributed by atoms with Crippen molar-refractivity contribution in [1.29, 1.82) is 0 Å². The van der Waals surface area contributed by atoms with Crippen molar-refractivity contribution in [1.82, 2.24) is 10.2 Å².